The Kier molecular flexibility index (Phi) is 37.5. The number of ether oxygens (including phenoxy) is 6. The number of ketones is 1. The van der Waals surface area contributed by atoms with Crippen LogP contribution in [0, 0.1) is 0 Å². The summed E-state index contributed by atoms with van der Waals surface area (Å²) in [5, 5.41) is 5.89. The number of hydrogen-bond donors (Lipinski definition) is 2. The molecule has 0 aromatic carbocycles. The van der Waals surface area contributed by atoms with Crippen LogP contribution in [-0.2, 0) is 71.6 Å². The van der Waals surface area contributed by atoms with Gasteiger partial charge in [0.05, 0.1) is 33.0 Å². The van der Waals surface area contributed by atoms with E-state index in [0.29, 0.717) is 50.5 Å². The van der Waals surface area contributed by atoms with Crippen LogP contribution in [0.15, 0.2) is 0 Å². The number of esters is 2. The number of carbonyl (C=O) groups excluding carboxylic acids is 8. The summed E-state index contributed by atoms with van der Waals surface area (Å²) in [5.74, 6) is -2.74. The number of hydrogen-bond acceptors (Lipinski definition) is 15. The highest BCUT2D eigenvalue weighted by molar-refractivity contribution is 6.01. The van der Waals surface area contributed by atoms with Gasteiger partial charge in [-0.1, -0.05) is 90.4 Å². The van der Waals surface area contributed by atoms with Gasteiger partial charge in [0.25, 0.3) is 11.8 Å². The van der Waals surface area contributed by atoms with Gasteiger partial charge in [-0.3, -0.25) is 28.8 Å². The second-order valence-corrected chi connectivity index (χ2v) is 19.0. The van der Waals surface area contributed by atoms with Crippen molar-refractivity contribution in [2.75, 3.05) is 59.9 Å². The standard InChI is InChI=1S/C35H65NO6.C15H24N2O9/c1-8-9-24-29(37)27-28-30(33(40)42-35(5,6)7)36-31(38)25-22-20-18-16-14-12-10-11-13-15-17-19-21-23-26-32(39)41-34(2,3)4;1-22-6-7-24-10-12(18)16-4-5-23-8-9-25-11-15(21)26-17-13(19)2-3-14(17)20/h30H,8-28H2,1-7H3,(H,36,38);2-11H2,1H3,(H,16,18)/t30-;/m0./s1. The van der Waals surface area contributed by atoms with Crippen molar-refractivity contribution in [2.45, 2.75) is 213 Å². The fourth-order valence-electron chi connectivity index (χ4n) is 6.54. The molecule has 2 N–H and O–H groups in total. The van der Waals surface area contributed by atoms with E-state index in [9.17, 15) is 38.4 Å². The average molecular weight is 972 g/mol. The second-order valence-electron chi connectivity index (χ2n) is 19.0. The molecule has 0 aromatic rings. The number of carbonyl (C=O) groups is 8. The van der Waals surface area contributed by atoms with Crippen LogP contribution in [0.2, 0.25) is 0 Å². The number of nitrogens with zero attached hydrogens (tertiary/aromatic N) is 1. The minimum absolute atomic E-state index is 0.0383. The van der Waals surface area contributed by atoms with Gasteiger partial charge < -0.3 is 43.9 Å². The Morgan fingerprint density at radius 2 is 1.06 bits per heavy atom. The maximum Gasteiger partial charge on any atom is 0.358 e. The first-order chi connectivity index (χ1) is 32.3. The first-order valence-electron chi connectivity index (χ1n) is 25.1. The monoisotopic (exact) mass is 972 g/mol. The molecule has 1 fully saturated rings. The van der Waals surface area contributed by atoms with Crippen LogP contribution in [0.1, 0.15) is 196 Å². The number of hydroxylamine groups is 2. The summed E-state index contributed by atoms with van der Waals surface area (Å²) in [5.41, 5.74) is -1.03. The molecule has 18 heteroatoms. The van der Waals surface area contributed by atoms with E-state index < -0.39 is 42.0 Å². The Morgan fingerprint density at radius 1 is 0.559 bits per heavy atom. The summed E-state index contributed by atoms with van der Waals surface area (Å²) >= 11 is 0. The quantitative estimate of drug-likeness (QED) is 0.0349. The highest BCUT2D eigenvalue weighted by atomic mass is 16.7. The first-order valence-corrected chi connectivity index (χ1v) is 25.1. The smallest absolute Gasteiger partial charge is 0.358 e. The van der Waals surface area contributed by atoms with Crippen molar-refractivity contribution in [2.24, 2.45) is 0 Å². The summed E-state index contributed by atoms with van der Waals surface area (Å²) < 4.78 is 30.9. The molecule has 1 aliphatic heterocycles. The van der Waals surface area contributed by atoms with Gasteiger partial charge in [-0.25, -0.2) is 9.59 Å². The van der Waals surface area contributed by atoms with Crippen molar-refractivity contribution in [3.05, 3.63) is 0 Å². The molecule has 394 valence electrons. The lowest BCUT2D eigenvalue weighted by Crippen LogP contribution is -2.44. The van der Waals surface area contributed by atoms with Crippen LogP contribution >= 0.6 is 0 Å². The Morgan fingerprint density at radius 3 is 1.59 bits per heavy atom. The van der Waals surface area contributed by atoms with Crippen LogP contribution in [0.25, 0.3) is 0 Å². The fraction of sp³-hybridized carbons (Fsp3) is 0.840. The van der Waals surface area contributed by atoms with Gasteiger partial charge in [0.1, 0.15) is 36.2 Å². The zero-order chi connectivity index (χ0) is 51.1. The molecular weight excluding hydrogens is 883 g/mol. The van der Waals surface area contributed by atoms with Crippen LogP contribution in [0.3, 0.4) is 0 Å². The van der Waals surface area contributed by atoms with Gasteiger partial charge in [-0.2, -0.15) is 0 Å². The Labute approximate surface area is 407 Å². The van der Waals surface area contributed by atoms with E-state index in [1.165, 1.54) is 57.8 Å². The second kappa shape index (κ2) is 39.8. The van der Waals surface area contributed by atoms with Gasteiger partial charge in [0, 0.05) is 52.2 Å². The lowest BCUT2D eigenvalue weighted by molar-refractivity contribution is -0.200. The predicted octanol–water partition coefficient (Wildman–Crippen LogP) is 7.34. The molecule has 1 rings (SSSR count). The van der Waals surface area contributed by atoms with E-state index in [1.807, 2.05) is 27.7 Å². The van der Waals surface area contributed by atoms with Crippen LogP contribution in [0.4, 0.5) is 0 Å². The third kappa shape index (κ3) is 39.9. The van der Waals surface area contributed by atoms with Gasteiger partial charge in [0.2, 0.25) is 11.8 Å². The minimum Gasteiger partial charge on any atom is -0.460 e. The van der Waals surface area contributed by atoms with Crippen molar-refractivity contribution < 1.29 is 71.6 Å². The third-order valence-corrected chi connectivity index (χ3v) is 10.0. The molecule has 0 saturated carbocycles. The maximum atomic E-state index is 12.6. The molecule has 18 nitrogen and oxygen atoms in total. The SMILES string of the molecule is CCCCC(=O)CC[C@H](NC(=O)CCCCCCCCCCCCCCCCC(=O)OC(C)(C)C)C(=O)OC(C)(C)C.COCCOCC(=O)NCCOCCOCC(=O)ON1C(=O)CCC1=O. The van der Waals surface area contributed by atoms with Crippen molar-refractivity contribution in [3.63, 3.8) is 0 Å². The topological polar surface area (TPSA) is 228 Å². The Bertz CT molecular complexity index is 1430. The van der Waals surface area contributed by atoms with Crippen molar-refractivity contribution in [3.8, 4) is 0 Å². The molecule has 1 saturated heterocycles. The van der Waals surface area contributed by atoms with Crippen LogP contribution in [0.5, 0.6) is 0 Å². The highest BCUT2D eigenvalue weighted by Gasteiger charge is 2.33. The molecule has 4 amide bonds. The molecule has 0 radical (unpaired) electrons. The zero-order valence-electron chi connectivity index (χ0n) is 43.1. The molecular formula is C50H89N3O15. The van der Waals surface area contributed by atoms with Gasteiger partial charge in [0.15, 0.2) is 0 Å². The number of imide groups is 1. The first kappa shape index (κ1) is 64.0. The summed E-state index contributed by atoms with van der Waals surface area (Å²) in [6.07, 6.45) is 20.2. The summed E-state index contributed by atoms with van der Waals surface area (Å²) in [7, 11) is 1.54. The van der Waals surface area contributed by atoms with Gasteiger partial charge in [-0.05, 0) is 67.2 Å². The van der Waals surface area contributed by atoms with Crippen molar-refractivity contribution in [1.82, 2.24) is 15.7 Å². The molecule has 1 atom stereocenters. The molecule has 0 bridgehead atoms. The summed E-state index contributed by atoms with van der Waals surface area (Å²) in [6.45, 7) is 14.4. The van der Waals surface area contributed by atoms with Crippen LogP contribution < -0.4 is 10.6 Å². The van der Waals surface area contributed by atoms with Gasteiger partial charge in [-0.15, -0.1) is 5.06 Å². The Hall–Kier alpha value is -4.00. The van der Waals surface area contributed by atoms with E-state index in [1.54, 1.807) is 27.9 Å². The lowest BCUT2D eigenvalue weighted by atomic mass is 10.0. The molecule has 1 heterocycles. The van der Waals surface area contributed by atoms with Crippen molar-refractivity contribution in [1.29, 1.82) is 0 Å². The average Bonchev–Trinajstić information content (AvgIpc) is 3.57. The molecule has 1 aliphatic rings. The predicted molar refractivity (Wildman–Crippen MR) is 256 cm³/mol. The minimum atomic E-state index is -0.839. The number of amides is 4. The van der Waals surface area contributed by atoms with Crippen LogP contribution in [-0.4, -0.2) is 130 Å². The molecule has 0 unspecified atom stereocenters. The van der Waals surface area contributed by atoms with E-state index in [2.05, 4.69) is 15.5 Å². The number of Topliss-reactive ketones (excluding diaryl/α,β-unsaturated/α-hetero) is 1. The number of methoxy groups -OCH3 is 1. The van der Waals surface area contributed by atoms with Crippen molar-refractivity contribution >= 4 is 47.3 Å². The molecule has 0 aliphatic carbocycles. The largest absolute Gasteiger partial charge is 0.460 e. The molecule has 0 aromatic heterocycles. The molecule has 68 heavy (non-hydrogen) atoms. The highest BCUT2D eigenvalue weighted by Crippen LogP contribution is 2.17. The Balaban J connectivity index is 0.00000147. The third-order valence-electron chi connectivity index (χ3n) is 10.0. The normalized spacial score (nSPS) is 13.1. The summed E-state index contributed by atoms with van der Waals surface area (Å²) in [6, 6.07) is -0.772. The van der Waals surface area contributed by atoms with E-state index in [0.717, 1.165) is 44.9 Å². The van der Waals surface area contributed by atoms with E-state index in [-0.39, 0.29) is 74.9 Å². The van der Waals surface area contributed by atoms with E-state index >= 15 is 0 Å². The number of rotatable bonds is 39. The van der Waals surface area contributed by atoms with Gasteiger partial charge >= 0.3 is 17.9 Å². The lowest BCUT2D eigenvalue weighted by Gasteiger charge is -2.24. The fourth-order valence-corrected chi connectivity index (χ4v) is 6.54. The maximum absolute atomic E-state index is 12.6. The molecule has 0 spiro atoms. The zero-order valence-corrected chi connectivity index (χ0v) is 43.1. The summed E-state index contributed by atoms with van der Waals surface area (Å²) in [4.78, 5) is 98.9. The number of nitrogens with one attached hydrogen (secondary N) is 2. The number of unbranched alkanes of at least 4 members (excludes halogenated alkanes) is 14. The van der Waals surface area contributed by atoms with E-state index in [4.69, 9.17) is 28.4 Å².